The molecule has 1 saturated heterocycles. The summed E-state index contributed by atoms with van der Waals surface area (Å²) in [5.74, 6) is 1.10. The van der Waals surface area contributed by atoms with Crippen molar-refractivity contribution in [1.29, 1.82) is 0 Å². The first kappa shape index (κ1) is 8.05. The van der Waals surface area contributed by atoms with Crippen molar-refractivity contribution in [3.8, 4) is 0 Å². The third kappa shape index (κ3) is 1.61. The van der Waals surface area contributed by atoms with Gasteiger partial charge in [-0.05, 0) is 25.7 Å². The van der Waals surface area contributed by atoms with Gasteiger partial charge in [0.2, 0.25) is 5.91 Å². The zero-order chi connectivity index (χ0) is 8.55. The van der Waals surface area contributed by atoms with Crippen LogP contribution in [-0.2, 0) is 4.79 Å². The van der Waals surface area contributed by atoms with Gasteiger partial charge in [-0.1, -0.05) is 0 Å². The van der Waals surface area contributed by atoms with E-state index in [9.17, 15) is 4.79 Å². The van der Waals surface area contributed by atoms with Gasteiger partial charge in [0.1, 0.15) is 0 Å². The summed E-state index contributed by atoms with van der Waals surface area (Å²) in [7, 11) is 0. The molecule has 3 heteroatoms. The predicted molar refractivity (Wildman–Crippen MR) is 46.8 cm³/mol. The first-order chi connectivity index (χ1) is 5.77. The van der Waals surface area contributed by atoms with Crippen molar-refractivity contribution in [2.45, 2.75) is 25.8 Å². The molecule has 0 aromatic carbocycles. The van der Waals surface area contributed by atoms with Gasteiger partial charge in [0.25, 0.3) is 0 Å². The Morgan fingerprint density at radius 2 is 2.33 bits per heavy atom. The lowest BCUT2D eigenvalue weighted by molar-refractivity contribution is -0.135. The van der Waals surface area contributed by atoms with E-state index in [1.165, 1.54) is 12.8 Å². The molecule has 3 nitrogen and oxygen atoms in total. The number of nitrogens with one attached hydrogen (secondary N) is 1. The van der Waals surface area contributed by atoms with Gasteiger partial charge in [0.05, 0.1) is 6.04 Å². The number of rotatable bonds is 2. The van der Waals surface area contributed by atoms with Crippen molar-refractivity contribution in [3.63, 3.8) is 0 Å². The van der Waals surface area contributed by atoms with E-state index in [1.807, 2.05) is 11.8 Å². The molecule has 1 atom stereocenters. The summed E-state index contributed by atoms with van der Waals surface area (Å²) in [5.41, 5.74) is 0. The van der Waals surface area contributed by atoms with E-state index in [1.54, 1.807) is 0 Å². The van der Waals surface area contributed by atoms with Gasteiger partial charge in [-0.25, -0.2) is 0 Å². The molecule has 0 unspecified atom stereocenters. The first-order valence-electron chi connectivity index (χ1n) is 4.79. The van der Waals surface area contributed by atoms with Crippen molar-refractivity contribution in [3.05, 3.63) is 0 Å². The molecular formula is C9H16N2O. The topological polar surface area (TPSA) is 32.3 Å². The molecule has 0 bridgehead atoms. The Hall–Kier alpha value is -0.570. The number of carbonyl (C=O) groups is 1. The third-order valence-electron chi connectivity index (χ3n) is 2.69. The Balaban J connectivity index is 1.89. The lowest BCUT2D eigenvalue weighted by atomic mass is 10.2. The highest BCUT2D eigenvalue weighted by molar-refractivity contribution is 5.82. The summed E-state index contributed by atoms with van der Waals surface area (Å²) in [4.78, 5) is 13.6. The van der Waals surface area contributed by atoms with Gasteiger partial charge in [-0.15, -0.1) is 0 Å². The molecule has 2 rings (SSSR count). The van der Waals surface area contributed by atoms with E-state index in [-0.39, 0.29) is 11.9 Å². The summed E-state index contributed by atoms with van der Waals surface area (Å²) in [5, 5.41) is 3.16. The van der Waals surface area contributed by atoms with Gasteiger partial charge in [0, 0.05) is 19.6 Å². The van der Waals surface area contributed by atoms with Gasteiger partial charge in [0.15, 0.2) is 0 Å². The van der Waals surface area contributed by atoms with Crippen molar-refractivity contribution >= 4 is 5.91 Å². The zero-order valence-electron chi connectivity index (χ0n) is 7.55. The number of nitrogens with zero attached hydrogens (tertiary/aromatic N) is 1. The largest absolute Gasteiger partial charge is 0.340 e. The molecule has 1 N–H and O–H groups in total. The van der Waals surface area contributed by atoms with Crippen LogP contribution in [0.2, 0.25) is 0 Å². The Labute approximate surface area is 73.1 Å². The highest BCUT2D eigenvalue weighted by atomic mass is 16.2. The molecule has 68 valence electrons. The molecule has 0 radical (unpaired) electrons. The number of hydrogen-bond donors (Lipinski definition) is 1. The summed E-state index contributed by atoms with van der Waals surface area (Å²) in [6.07, 6.45) is 2.65. The Morgan fingerprint density at radius 1 is 1.58 bits per heavy atom. The van der Waals surface area contributed by atoms with Crippen molar-refractivity contribution in [2.24, 2.45) is 5.92 Å². The molecule has 0 aromatic rings. The molecule has 1 saturated carbocycles. The van der Waals surface area contributed by atoms with Crippen LogP contribution in [0.25, 0.3) is 0 Å². The van der Waals surface area contributed by atoms with Crippen molar-refractivity contribution < 1.29 is 4.79 Å². The molecule has 2 aliphatic rings. The fraction of sp³-hybridized carbons (Fsp3) is 0.889. The van der Waals surface area contributed by atoms with Crippen molar-refractivity contribution in [2.75, 3.05) is 19.6 Å². The highest BCUT2D eigenvalue weighted by Gasteiger charge is 2.30. The van der Waals surface area contributed by atoms with E-state index in [2.05, 4.69) is 5.32 Å². The van der Waals surface area contributed by atoms with Gasteiger partial charge >= 0.3 is 0 Å². The third-order valence-corrected chi connectivity index (χ3v) is 2.69. The standard InChI is InChI=1S/C9H16N2O/c1-7-9(12)11(5-4-10-7)6-8-2-3-8/h7-8,10H,2-6H2,1H3/t7-/m1/s1. The molecule has 0 spiro atoms. The second-order valence-electron chi connectivity index (χ2n) is 3.90. The van der Waals surface area contributed by atoms with Gasteiger partial charge in [-0.2, -0.15) is 0 Å². The lowest BCUT2D eigenvalue weighted by Crippen LogP contribution is -2.54. The van der Waals surface area contributed by atoms with Crippen LogP contribution in [0, 0.1) is 5.92 Å². The average molecular weight is 168 g/mol. The molecule has 12 heavy (non-hydrogen) atoms. The smallest absolute Gasteiger partial charge is 0.239 e. The molecule has 1 heterocycles. The van der Waals surface area contributed by atoms with E-state index >= 15 is 0 Å². The molecular weight excluding hydrogens is 152 g/mol. The zero-order valence-corrected chi connectivity index (χ0v) is 7.55. The number of carbonyl (C=O) groups excluding carboxylic acids is 1. The SMILES string of the molecule is C[C@H]1NCCN(CC2CC2)C1=O. The van der Waals surface area contributed by atoms with Crippen molar-refractivity contribution in [1.82, 2.24) is 10.2 Å². The Kier molecular flexibility index (Phi) is 2.05. The highest BCUT2D eigenvalue weighted by Crippen LogP contribution is 2.29. The summed E-state index contributed by atoms with van der Waals surface area (Å²) in [6, 6.07) is 0.0394. The maximum absolute atomic E-state index is 11.6. The van der Waals surface area contributed by atoms with E-state index in [0.29, 0.717) is 0 Å². The Morgan fingerprint density at radius 3 is 3.00 bits per heavy atom. The maximum Gasteiger partial charge on any atom is 0.239 e. The second-order valence-corrected chi connectivity index (χ2v) is 3.90. The summed E-state index contributed by atoms with van der Waals surface area (Å²) < 4.78 is 0. The normalized spacial score (nSPS) is 30.9. The van der Waals surface area contributed by atoms with E-state index in [0.717, 1.165) is 25.6 Å². The molecule has 1 aliphatic carbocycles. The van der Waals surface area contributed by atoms with Crippen LogP contribution in [0.1, 0.15) is 19.8 Å². The predicted octanol–water partition coefficient (Wildman–Crippen LogP) is 0.217. The minimum absolute atomic E-state index is 0.0394. The summed E-state index contributed by atoms with van der Waals surface area (Å²) in [6.45, 7) is 4.81. The maximum atomic E-state index is 11.6. The van der Waals surface area contributed by atoms with Crippen LogP contribution in [0.3, 0.4) is 0 Å². The van der Waals surface area contributed by atoms with Crippen LogP contribution in [0.5, 0.6) is 0 Å². The molecule has 2 fully saturated rings. The fourth-order valence-corrected chi connectivity index (χ4v) is 1.68. The van der Waals surface area contributed by atoms with Crippen LogP contribution in [0.15, 0.2) is 0 Å². The molecule has 0 aromatic heterocycles. The van der Waals surface area contributed by atoms with Gasteiger partial charge < -0.3 is 10.2 Å². The van der Waals surface area contributed by atoms with Crippen LogP contribution in [0.4, 0.5) is 0 Å². The van der Waals surface area contributed by atoms with Gasteiger partial charge in [-0.3, -0.25) is 4.79 Å². The average Bonchev–Trinajstić information content (AvgIpc) is 2.83. The lowest BCUT2D eigenvalue weighted by Gasteiger charge is -2.31. The second kappa shape index (κ2) is 3.05. The van der Waals surface area contributed by atoms with E-state index in [4.69, 9.17) is 0 Å². The molecule has 1 amide bonds. The molecule has 1 aliphatic heterocycles. The minimum atomic E-state index is 0.0394. The first-order valence-corrected chi connectivity index (χ1v) is 4.79. The minimum Gasteiger partial charge on any atom is -0.340 e. The monoisotopic (exact) mass is 168 g/mol. The van der Waals surface area contributed by atoms with Crippen LogP contribution >= 0.6 is 0 Å². The number of piperazine rings is 1. The van der Waals surface area contributed by atoms with Crippen LogP contribution in [-0.4, -0.2) is 36.5 Å². The number of hydrogen-bond acceptors (Lipinski definition) is 2. The quantitative estimate of drug-likeness (QED) is 0.639. The van der Waals surface area contributed by atoms with Crippen LogP contribution < -0.4 is 5.32 Å². The Bertz CT molecular complexity index is 189. The fourth-order valence-electron chi connectivity index (χ4n) is 1.68. The number of amides is 1. The summed E-state index contributed by atoms with van der Waals surface area (Å²) >= 11 is 0. The van der Waals surface area contributed by atoms with E-state index < -0.39 is 0 Å².